The number of rotatable bonds is 3. The lowest BCUT2D eigenvalue weighted by molar-refractivity contribution is 0.0790. The van der Waals surface area contributed by atoms with Crippen LogP contribution in [-0.4, -0.2) is 17.9 Å². The van der Waals surface area contributed by atoms with Crippen LogP contribution < -0.4 is 0 Å². The van der Waals surface area contributed by atoms with Gasteiger partial charge in [-0.1, -0.05) is 41.4 Å². The highest BCUT2D eigenvalue weighted by Crippen LogP contribution is 2.26. The van der Waals surface area contributed by atoms with Gasteiger partial charge in [0, 0.05) is 13.6 Å². The third kappa shape index (κ3) is 2.86. The first-order chi connectivity index (χ1) is 8.59. The van der Waals surface area contributed by atoms with Gasteiger partial charge in [-0.3, -0.25) is 4.79 Å². The molecule has 2 rings (SSSR count). The van der Waals surface area contributed by atoms with Crippen LogP contribution in [0.3, 0.4) is 0 Å². The molecule has 18 heavy (non-hydrogen) atoms. The molecule has 0 saturated carbocycles. The minimum absolute atomic E-state index is 0.0129. The first-order valence-corrected chi connectivity index (χ1v) is 6.95. The molecular formula is C13H11Cl2NOS. The lowest BCUT2D eigenvalue weighted by atomic mass is 10.2. The summed E-state index contributed by atoms with van der Waals surface area (Å²) in [6.45, 7) is 0.441. The van der Waals surface area contributed by atoms with Crippen LogP contribution in [0.4, 0.5) is 0 Å². The summed E-state index contributed by atoms with van der Waals surface area (Å²) < 4.78 is 0. The van der Waals surface area contributed by atoms with Gasteiger partial charge < -0.3 is 4.90 Å². The molecule has 0 fully saturated rings. The van der Waals surface area contributed by atoms with Crippen molar-refractivity contribution in [3.63, 3.8) is 0 Å². The molecule has 0 radical (unpaired) electrons. The van der Waals surface area contributed by atoms with Gasteiger partial charge in [-0.2, -0.15) is 0 Å². The molecule has 5 heteroatoms. The van der Waals surface area contributed by atoms with Gasteiger partial charge in [0.05, 0.1) is 14.9 Å². The molecule has 0 bridgehead atoms. The van der Waals surface area contributed by atoms with E-state index >= 15 is 0 Å². The van der Waals surface area contributed by atoms with Crippen molar-refractivity contribution in [2.45, 2.75) is 6.54 Å². The molecule has 0 atom stereocenters. The predicted molar refractivity (Wildman–Crippen MR) is 76.6 cm³/mol. The Balaban J connectivity index is 2.14. The summed E-state index contributed by atoms with van der Waals surface area (Å²) >= 11 is 13.5. The molecule has 1 amide bonds. The average molecular weight is 300 g/mol. The number of thiophene rings is 1. The Morgan fingerprint density at radius 3 is 2.72 bits per heavy atom. The van der Waals surface area contributed by atoms with Crippen molar-refractivity contribution in [2.75, 3.05) is 7.05 Å². The molecule has 2 aromatic rings. The lowest BCUT2D eigenvalue weighted by Crippen LogP contribution is -2.25. The fraction of sp³-hybridized carbons (Fsp3) is 0.154. The van der Waals surface area contributed by atoms with Crippen molar-refractivity contribution in [3.8, 4) is 0 Å². The minimum Gasteiger partial charge on any atom is -0.337 e. The number of hydrogen-bond acceptors (Lipinski definition) is 2. The fourth-order valence-electron chi connectivity index (χ4n) is 1.59. The Morgan fingerprint density at radius 2 is 2.06 bits per heavy atom. The second kappa shape index (κ2) is 5.74. The molecule has 94 valence electrons. The molecule has 0 aliphatic carbocycles. The molecule has 0 aliphatic rings. The highest BCUT2D eigenvalue weighted by atomic mass is 35.5. The van der Waals surface area contributed by atoms with E-state index in [1.54, 1.807) is 18.0 Å². The van der Waals surface area contributed by atoms with Gasteiger partial charge in [-0.05, 0) is 23.1 Å². The van der Waals surface area contributed by atoms with E-state index in [0.717, 1.165) is 10.4 Å². The molecule has 1 heterocycles. The van der Waals surface area contributed by atoms with E-state index in [4.69, 9.17) is 23.2 Å². The molecule has 0 N–H and O–H groups in total. The predicted octanol–water partition coefficient (Wildman–Crippen LogP) is 4.33. The van der Waals surface area contributed by atoms with E-state index in [-0.39, 0.29) is 5.91 Å². The Hall–Kier alpha value is -1.03. The fourth-order valence-corrected chi connectivity index (χ4v) is 2.68. The monoisotopic (exact) mass is 299 g/mol. The first kappa shape index (κ1) is 13.4. The summed E-state index contributed by atoms with van der Waals surface area (Å²) in [5.41, 5.74) is 0.844. The highest BCUT2D eigenvalue weighted by molar-refractivity contribution is 7.12. The van der Waals surface area contributed by atoms with Gasteiger partial charge in [0.25, 0.3) is 5.91 Å². The number of hydrogen-bond donors (Lipinski definition) is 0. The normalized spacial score (nSPS) is 10.4. The second-order valence-electron chi connectivity index (χ2n) is 3.85. The van der Waals surface area contributed by atoms with Crippen LogP contribution in [0.2, 0.25) is 10.0 Å². The second-order valence-corrected chi connectivity index (χ2v) is 5.58. The number of carbonyl (C=O) groups is 1. The van der Waals surface area contributed by atoms with Crippen LogP contribution in [0, 0.1) is 0 Å². The summed E-state index contributed by atoms with van der Waals surface area (Å²) in [7, 11) is 1.75. The maximum Gasteiger partial charge on any atom is 0.263 e. The molecule has 1 aromatic heterocycles. The van der Waals surface area contributed by atoms with Crippen LogP contribution >= 0.6 is 34.5 Å². The zero-order valence-corrected chi connectivity index (χ0v) is 12.0. The SMILES string of the molecule is CN(Cc1cccc(Cl)c1Cl)C(=O)c1cccs1. The Morgan fingerprint density at radius 1 is 1.28 bits per heavy atom. The number of nitrogens with zero attached hydrogens (tertiary/aromatic N) is 1. The highest BCUT2D eigenvalue weighted by Gasteiger charge is 2.14. The van der Waals surface area contributed by atoms with Gasteiger partial charge in [0.2, 0.25) is 0 Å². The standard InChI is InChI=1S/C13H11Cl2NOS/c1-16(13(17)11-6-3-7-18-11)8-9-4-2-5-10(14)12(9)15/h2-7H,8H2,1H3. The van der Waals surface area contributed by atoms with Crippen molar-refractivity contribution >= 4 is 40.4 Å². The quantitative estimate of drug-likeness (QED) is 0.826. The van der Waals surface area contributed by atoms with Gasteiger partial charge >= 0.3 is 0 Å². The topological polar surface area (TPSA) is 20.3 Å². The minimum atomic E-state index is -0.0129. The smallest absolute Gasteiger partial charge is 0.263 e. The number of amides is 1. The molecule has 2 nitrogen and oxygen atoms in total. The Kier molecular flexibility index (Phi) is 4.27. The number of carbonyl (C=O) groups excluding carboxylic acids is 1. The zero-order valence-electron chi connectivity index (χ0n) is 9.69. The van der Waals surface area contributed by atoms with Crippen molar-refractivity contribution in [1.82, 2.24) is 4.90 Å². The molecular weight excluding hydrogens is 289 g/mol. The van der Waals surface area contributed by atoms with Crippen LogP contribution in [-0.2, 0) is 6.54 Å². The largest absolute Gasteiger partial charge is 0.337 e. The van der Waals surface area contributed by atoms with E-state index in [0.29, 0.717) is 16.6 Å². The first-order valence-electron chi connectivity index (χ1n) is 5.31. The summed E-state index contributed by atoms with van der Waals surface area (Å²) in [5.74, 6) is -0.0129. The van der Waals surface area contributed by atoms with Crippen LogP contribution in [0.1, 0.15) is 15.2 Å². The van der Waals surface area contributed by atoms with Gasteiger partial charge in [0.1, 0.15) is 0 Å². The van der Waals surface area contributed by atoms with E-state index in [1.165, 1.54) is 11.3 Å². The van der Waals surface area contributed by atoms with E-state index in [1.807, 2.05) is 29.6 Å². The van der Waals surface area contributed by atoms with E-state index < -0.39 is 0 Å². The number of benzene rings is 1. The van der Waals surface area contributed by atoms with Gasteiger partial charge in [-0.25, -0.2) is 0 Å². The lowest BCUT2D eigenvalue weighted by Gasteiger charge is -2.17. The molecule has 0 saturated heterocycles. The van der Waals surface area contributed by atoms with Crippen molar-refractivity contribution in [1.29, 1.82) is 0 Å². The van der Waals surface area contributed by atoms with Crippen molar-refractivity contribution in [2.24, 2.45) is 0 Å². The maximum absolute atomic E-state index is 12.1. The van der Waals surface area contributed by atoms with Crippen LogP contribution in [0.15, 0.2) is 35.7 Å². The third-order valence-electron chi connectivity index (χ3n) is 2.52. The average Bonchev–Trinajstić information content (AvgIpc) is 2.87. The van der Waals surface area contributed by atoms with Crippen LogP contribution in [0.25, 0.3) is 0 Å². The molecule has 1 aromatic carbocycles. The Bertz CT molecular complexity index is 554. The summed E-state index contributed by atoms with van der Waals surface area (Å²) in [6, 6.07) is 9.09. The van der Waals surface area contributed by atoms with Crippen LogP contribution in [0.5, 0.6) is 0 Å². The molecule has 0 aliphatic heterocycles. The van der Waals surface area contributed by atoms with Crippen molar-refractivity contribution < 1.29 is 4.79 Å². The number of halogens is 2. The molecule has 0 unspecified atom stereocenters. The third-order valence-corrected chi connectivity index (χ3v) is 4.23. The zero-order chi connectivity index (χ0) is 13.1. The van der Waals surface area contributed by atoms with Gasteiger partial charge in [-0.15, -0.1) is 11.3 Å². The van der Waals surface area contributed by atoms with E-state index in [2.05, 4.69) is 0 Å². The summed E-state index contributed by atoms with van der Waals surface area (Å²) in [6.07, 6.45) is 0. The van der Waals surface area contributed by atoms with E-state index in [9.17, 15) is 4.79 Å². The summed E-state index contributed by atoms with van der Waals surface area (Å²) in [4.78, 5) is 14.4. The Labute approximate surface area is 120 Å². The van der Waals surface area contributed by atoms with Crippen molar-refractivity contribution in [3.05, 3.63) is 56.2 Å². The molecule has 0 spiro atoms. The summed E-state index contributed by atoms with van der Waals surface area (Å²) in [5, 5.41) is 2.89. The maximum atomic E-state index is 12.1. The van der Waals surface area contributed by atoms with Gasteiger partial charge in [0.15, 0.2) is 0 Å².